The number of carbonyl (C=O) groups is 3. The SMILES string of the molecule is CC/C=C\C/C=C\C/C=C\C/C=C\CCCCC(=O)OC(COC(=O)CCCCCCC/C=C\C/C=C\CCC)COC(=O)CCCCCCCCCCCCCCCCCCCCCCCCCCCCCCCCC. The van der Waals surface area contributed by atoms with Gasteiger partial charge in [0.25, 0.3) is 0 Å². The Kier molecular flexibility index (Phi) is 62.7. The second-order valence-corrected chi connectivity index (χ2v) is 22.4. The number of allylic oxidation sites excluding steroid dienone is 12. The van der Waals surface area contributed by atoms with Gasteiger partial charge in [0.2, 0.25) is 0 Å². The molecule has 0 amide bonds. The summed E-state index contributed by atoms with van der Waals surface area (Å²) < 4.78 is 16.9. The van der Waals surface area contributed by atoms with Crippen molar-refractivity contribution in [1.29, 1.82) is 0 Å². The zero-order chi connectivity index (χ0) is 55.7. The molecule has 0 heterocycles. The van der Waals surface area contributed by atoms with Gasteiger partial charge in [0.05, 0.1) is 0 Å². The average molecular weight is 1080 g/mol. The van der Waals surface area contributed by atoms with Crippen LogP contribution in [0.1, 0.15) is 342 Å². The first-order valence-corrected chi connectivity index (χ1v) is 33.4. The van der Waals surface area contributed by atoms with E-state index in [1.54, 1.807) is 0 Å². The minimum atomic E-state index is -0.803. The summed E-state index contributed by atoms with van der Waals surface area (Å²) in [5, 5.41) is 0. The Labute approximate surface area is 478 Å². The Bertz CT molecular complexity index is 1420. The maximum atomic E-state index is 12.9. The zero-order valence-electron chi connectivity index (χ0n) is 51.2. The molecule has 0 aromatic carbocycles. The molecule has 446 valence electrons. The van der Waals surface area contributed by atoms with E-state index in [0.29, 0.717) is 19.3 Å². The Hall–Kier alpha value is -3.15. The van der Waals surface area contributed by atoms with Crippen LogP contribution in [-0.4, -0.2) is 37.2 Å². The predicted molar refractivity (Wildman–Crippen MR) is 335 cm³/mol. The van der Waals surface area contributed by atoms with Crippen LogP contribution in [0.2, 0.25) is 0 Å². The number of ether oxygens (including phenoxy) is 3. The van der Waals surface area contributed by atoms with Crippen LogP contribution in [-0.2, 0) is 28.6 Å². The molecule has 0 saturated carbocycles. The zero-order valence-corrected chi connectivity index (χ0v) is 51.2. The fourth-order valence-corrected chi connectivity index (χ4v) is 9.71. The highest BCUT2D eigenvalue weighted by Crippen LogP contribution is 2.18. The van der Waals surface area contributed by atoms with Crippen molar-refractivity contribution in [3.63, 3.8) is 0 Å². The van der Waals surface area contributed by atoms with Crippen molar-refractivity contribution in [2.45, 2.75) is 348 Å². The summed E-state index contributed by atoms with van der Waals surface area (Å²) in [5.74, 6) is -0.938. The van der Waals surface area contributed by atoms with Crippen molar-refractivity contribution in [2.75, 3.05) is 13.2 Å². The molecule has 0 radical (unpaired) electrons. The molecule has 0 aliphatic carbocycles. The lowest BCUT2D eigenvalue weighted by atomic mass is 10.0. The van der Waals surface area contributed by atoms with E-state index in [-0.39, 0.29) is 37.5 Å². The summed E-state index contributed by atoms with van der Waals surface area (Å²) in [6.45, 7) is 6.45. The summed E-state index contributed by atoms with van der Waals surface area (Å²) in [6.07, 6.45) is 85.2. The number of carbonyl (C=O) groups excluding carboxylic acids is 3. The van der Waals surface area contributed by atoms with Gasteiger partial charge in [0.15, 0.2) is 6.10 Å². The van der Waals surface area contributed by atoms with E-state index in [2.05, 4.69) is 93.7 Å². The van der Waals surface area contributed by atoms with Crippen molar-refractivity contribution < 1.29 is 28.6 Å². The van der Waals surface area contributed by atoms with Crippen molar-refractivity contribution >= 4 is 17.9 Å². The molecule has 1 unspecified atom stereocenters. The Morgan fingerprint density at radius 1 is 0.273 bits per heavy atom. The largest absolute Gasteiger partial charge is 0.462 e. The fraction of sp³-hybridized carbons (Fsp3) is 0.789. The standard InChI is InChI=1S/C71H126O6/c1-4-7-10-13-16-19-22-25-27-28-29-30-31-32-33-34-35-36-37-38-39-40-41-42-44-46-49-52-55-58-61-64-70(73)76-67-68(66-75-69(72)63-60-57-54-51-48-45-24-21-18-15-12-9-6-3)77-71(74)65-62-59-56-53-50-47-43-26-23-20-17-14-11-8-5-2/h8,11-12,15,17,20-21,24,26,43,50,53,68H,4-7,9-10,13-14,16,18-19,22-23,25,27-42,44-49,51-52,54-67H2,1-3H3/b11-8-,15-12-,20-17-,24-21-,43-26-,53-50-. The Morgan fingerprint density at radius 2 is 0.532 bits per heavy atom. The summed E-state index contributed by atoms with van der Waals surface area (Å²) >= 11 is 0. The third-order valence-corrected chi connectivity index (χ3v) is 14.7. The van der Waals surface area contributed by atoms with Crippen molar-refractivity contribution in [3.05, 3.63) is 72.9 Å². The molecular weight excluding hydrogens is 949 g/mol. The van der Waals surface area contributed by atoms with Gasteiger partial charge in [0.1, 0.15) is 13.2 Å². The van der Waals surface area contributed by atoms with Gasteiger partial charge in [-0.1, -0.05) is 312 Å². The van der Waals surface area contributed by atoms with Crippen LogP contribution in [0, 0.1) is 0 Å². The molecule has 0 aliphatic rings. The van der Waals surface area contributed by atoms with E-state index in [9.17, 15) is 14.4 Å². The molecule has 0 aliphatic heterocycles. The van der Waals surface area contributed by atoms with Gasteiger partial charge in [-0.2, -0.15) is 0 Å². The molecule has 0 spiro atoms. The first kappa shape index (κ1) is 73.8. The van der Waals surface area contributed by atoms with Crippen LogP contribution in [0.3, 0.4) is 0 Å². The molecule has 0 aromatic heterocycles. The summed E-state index contributed by atoms with van der Waals surface area (Å²) in [4.78, 5) is 38.2. The highest BCUT2D eigenvalue weighted by atomic mass is 16.6. The lowest BCUT2D eigenvalue weighted by Crippen LogP contribution is -2.30. The summed E-state index contributed by atoms with van der Waals surface area (Å²) in [6, 6.07) is 0. The van der Waals surface area contributed by atoms with Gasteiger partial charge >= 0.3 is 17.9 Å². The van der Waals surface area contributed by atoms with Crippen LogP contribution < -0.4 is 0 Å². The van der Waals surface area contributed by atoms with Crippen LogP contribution >= 0.6 is 0 Å². The van der Waals surface area contributed by atoms with E-state index < -0.39 is 6.10 Å². The number of hydrogen-bond acceptors (Lipinski definition) is 6. The number of hydrogen-bond donors (Lipinski definition) is 0. The van der Waals surface area contributed by atoms with Gasteiger partial charge in [-0.15, -0.1) is 0 Å². The summed E-state index contributed by atoms with van der Waals surface area (Å²) in [7, 11) is 0. The number of rotatable bonds is 61. The van der Waals surface area contributed by atoms with Crippen LogP contribution in [0.5, 0.6) is 0 Å². The molecule has 0 N–H and O–H groups in total. The minimum Gasteiger partial charge on any atom is -0.462 e. The molecule has 1 atom stereocenters. The Balaban J connectivity index is 4.16. The van der Waals surface area contributed by atoms with Gasteiger partial charge < -0.3 is 14.2 Å². The highest BCUT2D eigenvalue weighted by molar-refractivity contribution is 5.71. The quantitative estimate of drug-likeness (QED) is 0.0261. The smallest absolute Gasteiger partial charge is 0.306 e. The van der Waals surface area contributed by atoms with Crippen LogP contribution in [0.25, 0.3) is 0 Å². The van der Waals surface area contributed by atoms with Gasteiger partial charge in [-0.25, -0.2) is 0 Å². The van der Waals surface area contributed by atoms with E-state index in [4.69, 9.17) is 14.2 Å². The van der Waals surface area contributed by atoms with Gasteiger partial charge in [-0.05, 0) is 83.5 Å². The molecule has 77 heavy (non-hydrogen) atoms. The molecule has 0 rings (SSSR count). The van der Waals surface area contributed by atoms with Crippen LogP contribution in [0.15, 0.2) is 72.9 Å². The molecule has 6 nitrogen and oxygen atoms in total. The van der Waals surface area contributed by atoms with Crippen molar-refractivity contribution in [3.8, 4) is 0 Å². The maximum absolute atomic E-state index is 12.9. The van der Waals surface area contributed by atoms with Crippen LogP contribution in [0.4, 0.5) is 0 Å². The average Bonchev–Trinajstić information content (AvgIpc) is 3.43. The molecule has 0 saturated heterocycles. The van der Waals surface area contributed by atoms with E-state index in [1.165, 1.54) is 186 Å². The minimum absolute atomic E-state index is 0.0944. The first-order valence-electron chi connectivity index (χ1n) is 33.4. The lowest BCUT2D eigenvalue weighted by molar-refractivity contribution is -0.167. The van der Waals surface area contributed by atoms with E-state index >= 15 is 0 Å². The number of unbranched alkanes of at least 4 members (excludes halogenated alkanes) is 38. The highest BCUT2D eigenvalue weighted by Gasteiger charge is 2.19. The van der Waals surface area contributed by atoms with E-state index in [0.717, 1.165) is 109 Å². The predicted octanol–water partition coefficient (Wildman–Crippen LogP) is 22.9. The molecule has 0 fully saturated rings. The van der Waals surface area contributed by atoms with E-state index in [1.807, 2.05) is 0 Å². The third kappa shape index (κ3) is 63.6. The maximum Gasteiger partial charge on any atom is 0.306 e. The van der Waals surface area contributed by atoms with Crippen molar-refractivity contribution in [2.24, 2.45) is 0 Å². The Morgan fingerprint density at radius 3 is 0.870 bits per heavy atom. The second kappa shape index (κ2) is 65.4. The molecular formula is C71H126O6. The topological polar surface area (TPSA) is 78.9 Å². The van der Waals surface area contributed by atoms with Crippen molar-refractivity contribution in [1.82, 2.24) is 0 Å². The monoisotopic (exact) mass is 1070 g/mol. The normalized spacial score (nSPS) is 12.5. The lowest BCUT2D eigenvalue weighted by Gasteiger charge is -2.18. The number of esters is 3. The molecule has 0 bridgehead atoms. The molecule has 6 heteroatoms. The third-order valence-electron chi connectivity index (χ3n) is 14.7. The first-order chi connectivity index (χ1) is 38.0. The molecule has 0 aromatic rings. The summed E-state index contributed by atoms with van der Waals surface area (Å²) in [5.41, 5.74) is 0. The van der Waals surface area contributed by atoms with Gasteiger partial charge in [0, 0.05) is 19.3 Å². The second-order valence-electron chi connectivity index (χ2n) is 22.4. The van der Waals surface area contributed by atoms with Gasteiger partial charge in [-0.3, -0.25) is 14.4 Å². The fourth-order valence-electron chi connectivity index (χ4n) is 9.71.